The number of imide groups is 1. The third-order valence-corrected chi connectivity index (χ3v) is 3.56. The van der Waals surface area contributed by atoms with Gasteiger partial charge in [-0.25, -0.2) is 0 Å². The molecular weight excluding hydrogens is 170 g/mol. The molecule has 1 saturated heterocycles. The third kappa shape index (κ3) is 0.508. The third-order valence-electron chi connectivity index (χ3n) is 3.56. The van der Waals surface area contributed by atoms with Crippen molar-refractivity contribution in [3.05, 3.63) is 12.2 Å². The summed E-state index contributed by atoms with van der Waals surface area (Å²) in [5, 5.41) is 9.86. The lowest BCUT2D eigenvalue weighted by molar-refractivity contribution is -0.169. The van der Waals surface area contributed by atoms with Gasteiger partial charge in [-0.05, 0) is 0 Å². The van der Waals surface area contributed by atoms with Crippen LogP contribution >= 0.6 is 0 Å². The van der Waals surface area contributed by atoms with Crippen molar-refractivity contribution in [3.63, 3.8) is 0 Å². The van der Waals surface area contributed by atoms with Gasteiger partial charge >= 0.3 is 0 Å². The summed E-state index contributed by atoms with van der Waals surface area (Å²) in [6.45, 7) is 0. The smallest absolute Gasteiger partial charge is 0.236 e. The molecule has 0 aromatic carbocycles. The number of carbonyl (C=O) groups is 2. The van der Waals surface area contributed by atoms with Gasteiger partial charge in [0.15, 0.2) is 0 Å². The minimum atomic E-state index is -0.998. The van der Waals surface area contributed by atoms with Crippen LogP contribution in [0, 0.1) is 17.8 Å². The van der Waals surface area contributed by atoms with Crippen molar-refractivity contribution in [2.75, 3.05) is 7.05 Å². The summed E-state index contributed by atoms with van der Waals surface area (Å²) in [7, 11) is 1.48. The first kappa shape index (κ1) is 7.26. The molecule has 1 aliphatic heterocycles. The minimum Gasteiger partial charge on any atom is -0.384 e. The zero-order chi connectivity index (χ0) is 9.38. The fourth-order valence-electron chi connectivity index (χ4n) is 2.69. The van der Waals surface area contributed by atoms with Gasteiger partial charge in [-0.3, -0.25) is 14.5 Å². The highest BCUT2D eigenvalue weighted by molar-refractivity contribution is 6.08. The first-order valence-corrected chi connectivity index (χ1v) is 4.30. The quantitative estimate of drug-likeness (QED) is 0.389. The fraction of sp³-hybridized carbons (Fsp3) is 0.556. The predicted octanol–water partition coefficient (Wildman–Crippen LogP) is -0.852. The molecular formula is C9H9NO3. The Kier molecular flexibility index (Phi) is 0.950. The number of likely N-dealkylation sites (tertiary alicyclic amines) is 1. The summed E-state index contributed by atoms with van der Waals surface area (Å²) in [5.41, 5.74) is -0.998. The van der Waals surface area contributed by atoms with Crippen LogP contribution in [0.1, 0.15) is 0 Å². The summed E-state index contributed by atoms with van der Waals surface area (Å²) in [6.07, 6.45) is 3.44. The number of hydrogen-bond acceptors (Lipinski definition) is 3. The normalized spacial score (nSPS) is 51.2. The Morgan fingerprint density at radius 2 is 2.15 bits per heavy atom. The van der Waals surface area contributed by atoms with E-state index in [1.807, 2.05) is 6.08 Å². The lowest BCUT2D eigenvalue weighted by Gasteiger charge is -2.55. The summed E-state index contributed by atoms with van der Waals surface area (Å²) < 4.78 is 0. The molecule has 4 unspecified atom stereocenters. The van der Waals surface area contributed by atoms with Crippen molar-refractivity contribution in [2.45, 2.75) is 5.60 Å². The van der Waals surface area contributed by atoms with Gasteiger partial charge < -0.3 is 5.11 Å². The van der Waals surface area contributed by atoms with Gasteiger partial charge in [-0.1, -0.05) is 12.2 Å². The van der Waals surface area contributed by atoms with Crippen LogP contribution in [0.2, 0.25) is 0 Å². The van der Waals surface area contributed by atoms with Gasteiger partial charge in [0, 0.05) is 13.0 Å². The molecule has 4 heteroatoms. The topological polar surface area (TPSA) is 57.6 Å². The molecule has 0 aromatic rings. The van der Waals surface area contributed by atoms with Crippen LogP contribution < -0.4 is 0 Å². The molecule has 3 aliphatic rings. The van der Waals surface area contributed by atoms with Crippen LogP contribution in [-0.2, 0) is 9.59 Å². The van der Waals surface area contributed by atoms with Crippen LogP contribution in [0.25, 0.3) is 0 Å². The second kappa shape index (κ2) is 1.70. The number of amides is 2. The first-order chi connectivity index (χ1) is 6.07. The van der Waals surface area contributed by atoms with E-state index < -0.39 is 11.5 Å². The van der Waals surface area contributed by atoms with Crippen molar-refractivity contribution < 1.29 is 14.7 Å². The maximum atomic E-state index is 11.5. The van der Waals surface area contributed by atoms with Crippen molar-refractivity contribution in [1.82, 2.24) is 4.90 Å². The Labute approximate surface area is 74.8 Å². The highest BCUT2D eigenvalue weighted by Gasteiger charge is 2.72. The highest BCUT2D eigenvalue weighted by Crippen LogP contribution is 2.60. The van der Waals surface area contributed by atoms with Gasteiger partial charge in [0.1, 0.15) is 5.60 Å². The summed E-state index contributed by atoms with van der Waals surface area (Å²) in [4.78, 5) is 24.1. The molecule has 1 saturated carbocycles. The molecule has 68 valence electrons. The maximum Gasteiger partial charge on any atom is 0.236 e. The lowest BCUT2D eigenvalue weighted by Crippen LogP contribution is -2.66. The molecule has 0 bridgehead atoms. The van der Waals surface area contributed by atoms with Gasteiger partial charge in [-0.15, -0.1) is 0 Å². The van der Waals surface area contributed by atoms with Gasteiger partial charge in [0.2, 0.25) is 11.8 Å². The van der Waals surface area contributed by atoms with E-state index >= 15 is 0 Å². The average molecular weight is 179 g/mol. The molecule has 3 rings (SSSR count). The molecule has 2 amide bonds. The first-order valence-electron chi connectivity index (χ1n) is 4.30. The number of nitrogens with zero attached hydrogens (tertiary/aromatic N) is 1. The van der Waals surface area contributed by atoms with Crippen LogP contribution in [0.4, 0.5) is 0 Å². The van der Waals surface area contributed by atoms with E-state index in [1.165, 1.54) is 7.05 Å². The molecule has 0 aromatic heterocycles. The van der Waals surface area contributed by atoms with Gasteiger partial charge in [0.25, 0.3) is 0 Å². The average Bonchev–Trinajstić information content (AvgIpc) is 2.29. The molecule has 1 heterocycles. The molecule has 2 aliphatic carbocycles. The molecule has 0 radical (unpaired) electrons. The number of hydrogen-bond donors (Lipinski definition) is 1. The zero-order valence-corrected chi connectivity index (χ0v) is 7.10. The fourth-order valence-corrected chi connectivity index (χ4v) is 2.69. The van der Waals surface area contributed by atoms with Crippen LogP contribution in [0.15, 0.2) is 12.2 Å². The Morgan fingerprint density at radius 3 is 2.62 bits per heavy atom. The zero-order valence-electron chi connectivity index (χ0n) is 7.10. The summed E-state index contributed by atoms with van der Waals surface area (Å²) >= 11 is 0. The number of carbonyl (C=O) groups excluding carboxylic acids is 2. The van der Waals surface area contributed by atoms with E-state index in [4.69, 9.17) is 0 Å². The standard InChI is InChI=1S/C9H9NO3/c1-10-7(11)5-4-2-3-9(4,13)6(5)8(10)12/h2-6,13H,1H3. The molecule has 4 nitrogen and oxygen atoms in total. The number of aliphatic hydroxyl groups is 1. The summed E-state index contributed by atoms with van der Waals surface area (Å²) in [6, 6.07) is 0. The van der Waals surface area contributed by atoms with E-state index in [9.17, 15) is 14.7 Å². The molecule has 2 fully saturated rings. The number of fused-ring (bicyclic) bond motifs is 4. The Morgan fingerprint density at radius 1 is 1.46 bits per heavy atom. The van der Waals surface area contributed by atoms with E-state index in [1.54, 1.807) is 6.08 Å². The summed E-state index contributed by atoms with van der Waals surface area (Å²) in [5.74, 6) is -1.28. The Balaban J connectivity index is 2.07. The Hall–Kier alpha value is -1.16. The van der Waals surface area contributed by atoms with Crippen molar-refractivity contribution in [3.8, 4) is 0 Å². The van der Waals surface area contributed by atoms with E-state index in [0.717, 1.165) is 4.90 Å². The van der Waals surface area contributed by atoms with E-state index in [0.29, 0.717) is 0 Å². The monoisotopic (exact) mass is 179 g/mol. The van der Waals surface area contributed by atoms with Crippen LogP contribution in [-0.4, -0.2) is 34.5 Å². The van der Waals surface area contributed by atoms with Crippen LogP contribution in [0.3, 0.4) is 0 Å². The van der Waals surface area contributed by atoms with Crippen molar-refractivity contribution in [2.24, 2.45) is 17.8 Å². The van der Waals surface area contributed by atoms with Crippen molar-refractivity contribution >= 4 is 11.8 Å². The SMILES string of the molecule is CN1C(=O)C2C3C=CC3(O)C2C1=O. The lowest BCUT2D eigenvalue weighted by atomic mass is 9.49. The molecule has 13 heavy (non-hydrogen) atoms. The second-order valence-electron chi connectivity index (χ2n) is 4.01. The van der Waals surface area contributed by atoms with Gasteiger partial charge in [0.05, 0.1) is 11.8 Å². The molecule has 1 N–H and O–H groups in total. The van der Waals surface area contributed by atoms with E-state index in [2.05, 4.69) is 0 Å². The van der Waals surface area contributed by atoms with Crippen LogP contribution in [0.5, 0.6) is 0 Å². The second-order valence-corrected chi connectivity index (χ2v) is 4.01. The molecule has 0 spiro atoms. The maximum absolute atomic E-state index is 11.5. The molecule has 4 atom stereocenters. The minimum absolute atomic E-state index is 0.112. The van der Waals surface area contributed by atoms with E-state index in [-0.39, 0.29) is 23.7 Å². The largest absolute Gasteiger partial charge is 0.384 e. The predicted molar refractivity (Wildman–Crippen MR) is 42.3 cm³/mol. The van der Waals surface area contributed by atoms with Crippen molar-refractivity contribution in [1.29, 1.82) is 0 Å². The van der Waals surface area contributed by atoms with Gasteiger partial charge in [-0.2, -0.15) is 0 Å². The number of rotatable bonds is 0. The highest BCUT2D eigenvalue weighted by atomic mass is 16.3. The Bertz CT molecular complexity index is 362.